The largest absolute Gasteiger partial charge is 0.471 e. The number of likely N-dealkylation sites (tertiary alicyclic amines) is 1. The summed E-state index contributed by atoms with van der Waals surface area (Å²) >= 11 is 0. The zero-order valence-electron chi connectivity index (χ0n) is 11.5. The normalized spacial score (nSPS) is 23.7. The Balaban J connectivity index is 1.73. The van der Waals surface area contributed by atoms with Crippen molar-refractivity contribution in [2.24, 2.45) is 0 Å². The van der Waals surface area contributed by atoms with Crippen LogP contribution in [0, 0.1) is 0 Å². The van der Waals surface area contributed by atoms with Crippen LogP contribution in [0.3, 0.4) is 0 Å². The Morgan fingerprint density at radius 2 is 1.55 bits per heavy atom. The molecule has 1 aromatic heterocycles. The number of fused-ring (bicyclic) bond motifs is 6. The first kappa shape index (κ1) is 13.5. The van der Waals surface area contributed by atoms with E-state index in [4.69, 9.17) is 0 Å². The summed E-state index contributed by atoms with van der Waals surface area (Å²) in [5.41, 5.74) is 3.50. The number of carbonyl (C=O) groups is 1. The predicted molar refractivity (Wildman–Crippen MR) is 72.3 cm³/mol. The van der Waals surface area contributed by atoms with Gasteiger partial charge in [0, 0.05) is 37.3 Å². The average Bonchev–Trinajstić information content (AvgIpc) is 2.74. The fourth-order valence-electron chi connectivity index (χ4n) is 3.65. The number of piperidine rings is 1. The van der Waals surface area contributed by atoms with Crippen molar-refractivity contribution in [3.63, 3.8) is 0 Å². The standard InChI is InChI=1S/C15H12F3N3O/c16-15(17,18)14(22)21-6-8-3-9(7-21)11-5-13-12(4-10(8)11)19-1-2-20-13/h1-2,4-5,8-9H,3,6-7H2. The Bertz CT molecular complexity index is 724. The first-order valence-corrected chi connectivity index (χ1v) is 7.04. The maximum Gasteiger partial charge on any atom is 0.471 e. The van der Waals surface area contributed by atoms with Gasteiger partial charge >= 0.3 is 12.1 Å². The summed E-state index contributed by atoms with van der Waals surface area (Å²) in [6.07, 6.45) is -0.839. The van der Waals surface area contributed by atoms with Gasteiger partial charge in [0.25, 0.3) is 0 Å². The summed E-state index contributed by atoms with van der Waals surface area (Å²) in [6.45, 7) is 0.237. The van der Waals surface area contributed by atoms with Gasteiger partial charge in [-0.2, -0.15) is 13.2 Å². The molecule has 2 aromatic rings. The van der Waals surface area contributed by atoms with Crippen molar-refractivity contribution >= 4 is 16.9 Å². The van der Waals surface area contributed by atoms with Crippen LogP contribution < -0.4 is 0 Å². The van der Waals surface area contributed by atoms with E-state index >= 15 is 0 Å². The Kier molecular flexibility index (Phi) is 2.70. The molecule has 2 aliphatic rings. The first-order chi connectivity index (χ1) is 10.4. The highest BCUT2D eigenvalue weighted by Crippen LogP contribution is 2.47. The molecule has 0 spiro atoms. The third-order valence-corrected chi connectivity index (χ3v) is 4.53. The fourth-order valence-corrected chi connectivity index (χ4v) is 3.65. The van der Waals surface area contributed by atoms with Crippen molar-refractivity contribution in [2.75, 3.05) is 13.1 Å². The fraction of sp³-hybridized carbons (Fsp3) is 0.400. The first-order valence-electron chi connectivity index (χ1n) is 7.04. The van der Waals surface area contributed by atoms with E-state index in [9.17, 15) is 18.0 Å². The van der Waals surface area contributed by atoms with Crippen molar-refractivity contribution in [3.05, 3.63) is 35.7 Å². The Morgan fingerprint density at radius 3 is 2.00 bits per heavy atom. The van der Waals surface area contributed by atoms with Crippen LogP contribution >= 0.6 is 0 Å². The second-order valence-corrected chi connectivity index (χ2v) is 5.86. The summed E-state index contributed by atoms with van der Waals surface area (Å²) in [5.74, 6) is -1.84. The molecule has 0 N–H and O–H groups in total. The van der Waals surface area contributed by atoms with Gasteiger partial charge in [-0.15, -0.1) is 0 Å². The topological polar surface area (TPSA) is 46.1 Å². The van der Waals surface area contributed by atoms with Gasteiger partial charge in [-0.1, -0.05) is 0 Å². The van der Waals surface area contributed by atoms with E-state index in [2.05, 4.69) is 9.97 Å². The quantitative estimate of drug-likeness (QED) is 0.751. The lowest BCUT2D eigenvalue weighted by molar-refractivity contribution is -0.186. The average molecular weight is 307 g/mol. The van der Waals surface area contributed by atoms with Gasteiger partial charge in [-0.3, -0.25) is 14.8 Å². The minimum absolute atomic E-state index is 0.0496. The van der Waals surface area contributed by atoms with Gasteiger partial charge in [-0.05, 0) is 29.7 Å². The molecule has 1 amide bonds. The molecular formula is C15H12F3N3O. The molecule has 114 valence electrons. The van der Waals surface area contributed by atoms with Crippen LogP contribution in [0.5, 0.6) is 0 Å². The highest BCUT2D eigenvalue weighted by molar-refractivity contribution is 5.83. The molecule has 1 saturated heterocycles. The molecule has 0 radical (unpaired) electrons. The molecule has 1 fully saturated rings. The van der Waals surface area contributed by atoms with Gasteiger partial charge < -0.3 is 4.90 Å². The number of alkyl halides is 3. The number of amides is 1. The van der Waals surface area contributed by atoms with Crippen molar-refractivity contribution in [1.82, 2.24) is 14.9 Å². The molecule has 2 bridgehead atoms. The minimum Gasteiger partial charge on any atom is -0.334 e. The molecule has 2 heterocycles. The molecule has 1 aliphatic carbocycles. The molecular weight excluding hydrogens is 295 g/mol. The second-order valence-electron chi connectivity index (χ2n) is 5.86. The number of hydrogen-bond donors (Lipinski definition) is 0. The number of aromatic nitrogens is 2. The monoisotopic (exact) mass is 307 g/mol. The Hall–Kier alpha value is -2.18. The van der Waals surface area contributed by atoms with Crippen molar-refractivity contribution in [3.8, 4) is 0 Å². The summed E-state index contributed by atoms with van der Waals surface area (Å²) < 4.78 is 38.0. The van der Waals surface area contributed by atoms with Crippen LogP contribution in [-0.4, -0.2) is 40.0 Å². The molecule has 2 atom stereocenters. The summed E-state index contributed by atoms with van der Waals surface area (Å²) in [5, 5.41) is 0. The van der Waals surface area contributed by atoms with E-state index < -0.39 is 12.1 Å². The number of hydrogen-bond acceptors (Lipinski definition) is 3. The molecule has 4 nitrogen and oxygen atoms in total. The van der Waals surface area contributed by atoms with Gasteiger partial charge in [0.05, 0.1) is 11.0 Å². The van der Waals surface area contributed by atoms with Crippen molar-refractivity contribution in [1.29, 1.82) is 0 Å². The van der Waals surface area contributed by atoms with Crippen molar-refractivity contribution in [2.45, 2.75) is 24.4 Å². The molecule has 22 heavy (non-hydrogen) atoms. The van der Waals surface area contributed by atoms with E-state index in [1.165, 1.54) is 0 Å². The van der Waals surface area contributed by atoms with Gasteiger partial charge in [-0.25, -0.2) is 0 Å². The van der Waals surface area contributed by atoms with Gasteiger partial charge in [0.2, 0.25) is 0 Å². The van der Waals surface area contributed by atoms with Crippen LogP contribution in [0.15, 0.2) is 24.5 Å². The summed E-state index contributed by atoms with van der Waals surface area (Å²) in [4.78, 5) is 20.9. The van der Waals surface area contributed by atoms with Crippen LogP contribution in [0.1, 0.15) is 29.4 Å². The SMILES string of the molecule is O=C(N1CC2CC(C1)c1cc3nccnc3cc12)C(F)(F)F. The summed E-state index contributed by atoms with van der Waals surface area (Å²) in [7, 11) is 0. The Labute approximate surface area is 124 Å². The third kappa shape index (κ3) is 1.95. The zero-order chi connectivity index (χ0) is 15.5. The molecule has 4 rings (SSSR count). The van der Waals surface area contributed by atoms with Gasteiger partial charge in [0.15, 0.2) is 0 Å². The number of carbonyl (C=O) groups excluding carboxylic acids is 1. The zero-order valence-corrected chi connectivity index (χ0v) is 11.5. The molecule has 0 saturated carbocycles. The number of halogens is 3. The van der Waals surface area contributed by atoms with E-state index in [1.54, 1.807) is 12.4 Å². The van der Waals surface area contributed by atoms with Crippen LogP contribution in [0.4, 0.5) is 13.2 Å². The minimum atomic E-state index is -4.81. The van der Waals surface area contributed by atoms with Crippen molar-refractivity contribution < 1.29 is 18.0 Å². The molecule has 1 aliphatic heterocycles. The maximum absolute atomic E-state index is 12.7. The molecule has 7 heteroatoms. The van der Waals surface area contributed by atoms with Crippen LogP contribution in [0.2, 0.25) is 0 Å². The smallest absolute Gasteiger partial charge is 0.334 e. The van der Waals surface area contributed by atoms with E-state index in [-0.39, 0.29) is 24.9 Å². The number of nitrogens with zero attached hydrogens (tertiary/aromatic N) is 3. The maximum atomic E-state index is 12.7. The van der Waals surface area contributed by atoms with Crippen LogP contribution in [-0.2, 0) is 4.79 Å². The number of benzene rings is 1. The lowest BCUT2D eigenvalue weighted by Crippen LogP contribution is -2.46. The highest BCUT2D eigenvalue weighted by Gasteiger charge is 2.47. The summed E-state index contributed by atoms with van der Waals surface area (Å²) in [6, 6.07) is 3.81. The molecule has 2 unspecified atom stereocenters. The number of rotatable bonds is 0. The lowest BCUT2D eigenvalue weighted by atomic mass is 9.95. The highest BCUT2D eigenvalue weighted by atomic mass is 19.4. The lowest BCUT2D eigenvalue weighted by Gasteiger charge is -2.32. The van der Waals surface area contributed by atoms with E-state index in [0.29, 0.717) is 0 Å². The van der Waals surface area contributed by atoms with Crippen LogP contribution in [0.25, 0.3) is 11.0 Å². The molecule has 1 aromatic carbocycles. The predicted octanol–water partition coefficient (Wildman–Crippen LogP) is 2.61. The third-order valence-electron chi connectivity index (χ3n) is 4.53. The second kappa shape index (κ2) is 4.41. The Morgan fingerprint density at radius 1 is 1.05 bits per heavy atom. The van der Waals surface area contributed by atoms with E-state index in [0.717, 1.165) is 33.5 Å². The van der Waals surface area contributed by atoms with E-state index in [1.807, 2.05) is 12.1 Å². The van der Waals surface area contributed by atoms with Gasteiger partial charge in [0.1, 0.15) is 0 Å².